The molecule has 3 heteroatoms. The van der Waals surface area contributed by atoms with Crippen LogP contribution in [0.5, 0.6) is 0 Å². The molecule has 0 amide bonds. The molecule has 0 saturated carbocycles. The van der Waals surface area contributed by atoms with Gasteiger partial charge in [-0.1, -0.05) is 182 Å². The molecular weight excluding hydrogens is 504 g/mol. The summed E-state index contributed by atoms with van der Waals surface area (Å²) in [6.45, 7) is 9.90. The van der Waals surface area contributed by atoms with E-state index in [2.05, 4.69) is 27.7 Å². The smallest absolute Gasteiger partial charge is 0.306 e. The van der Waals surface area contributed by atoms with Crippen molar-refractivity contribution >= 4 is 5.97 Å². The van der Waals surface area contributed by atoms with Gasteiger partial charge in [-0.2, -0.15) is 0 Å². The highest BCUT2D eigenvalue weighted by atomic mass is 16.6. The van der Waals surface area contributed by atoms with Gasteiger partial charge in [-0.3, -0.25) is 4.79 Å². The predicted octanol–water partition coefficient (Wildman–Crippen LogP) is 13.1. The standard InChI is InChI=1S/C38H76O3/c1-5-9-13-17-19-21-23-25-27-31-35-40-36(32-28-15-11-7-3)37(33-29-16-12-8-4)41-38(39)34-30-26-24-22-20-18-14-10-6-2/h36-37H,5-35H2,1-4H3. The second-order valence-electron chi connectivity index (χ2n) is 12.9. The van der Waals surface area contributed by atoms with Gasteiger partial charge in [0.1, 0.15) is 6.10 Å². The lowest BCUT2D eigenvalue weighted by molar-refractivity contribution is -0.159. The molecule has 246 valence electrons. The van der Waals surface area contributed by atoms with Crippen LogP contribution in [0.25, 0.3) is 0 Å². The summed E-state index contributed by atoms with van der Waals surface area (Å²) in [5, 5.41) is 0. The van der Waals surface area contributed by atoms with Gasteiger partial charge in [0.05, 0.1) is 6.10 Å². The van der Waals surface area contributed by atoms with Crippen molar-refractivity contribution in [2.24, 2.45) is 0 Å². The summed E-state index contributed by atoms with van der Waals surface area (Å²) in [6, 6.07) is 0. The molecule has 0 aromatic heterocycles. The molecule has 0 aliphatic heterocycles. The molecule has 0 heterocycles. The van der Waals surface area contributed by atoms with Crippen molar-refractivity contribution in [2.75, 3.05) is 6.61 Å². The Hall–Kier alpha value is -0.570. The molecule has 0 bridgehead atoms. The molecule has 0 N–H and O–H groups in total. The molecule has 0 radical (unpaired) electrons. The van der Waals surface area contributed by atoms with Crippen LogP contribution in [-0.4, -0.2) is 24.8 Å². The van der Waals surface area contributed by atoms with Crippen LogP contribution in [0.3, 0.4) is 0 Å². The van der Waals surface area contributed by atoms with Gasteiger partial charge in [0.25, 0.3) is 0 Å². The Bertz CT molecular complexity index is 506. The van der Waals surface area contributed by atoms with Gasteiger partial charge in [-0.25, -0.2) is 0 Å². The van der Waals surface area contributed by atoms with Crippen molar-refractivity contribution in [3.05, 3.63) is 0 Å². The van der Waals surface area contributed by atoms with Crippen LogP contribution in [0.4, 0.5) is 0 Å². The molecule has 0 aromatic rings. The second kappa shape index (κ2) is 33.9. The monoisotopic (exact) mass is 581 g/mol. The molecule has 0 aliphatic rings. The zero-order chi connectivity index (χ0) is 30.1. The fourth-order valence-corrected chi connectivity index (χ4v) is 5.87. The van der Waals surface area contributed by atoms with E-state index >= 15 is 0 Å². The van der Waals surface area contributed by atoms with Gasteiger partial charge >= 0.3 is 5.97 Å². The predicted molar refractivity (Wildman–Crippen MR) is 181 cm³/mol. The van der Waals surface area contributed by atoms with Gasteiger partial charge in [0, 0.05) is 13.0 Å². The van der Waals surface area contributed by atoms with Gasteiger partial charge in [-0.15, -0.1) is 0 Å². The maximum atomic E-state index is 12.9. The maximum Gasteiger partial charge on any atom is 0.306 e. The first kappa shape index (κ1) is 40.4. The fourth-order valence-electron chi connectivity index (χ4n) is 5.87. The van der Waals surface area contributed by atoms with Crippen LogP contribution in [-0.2, 0) is 14.3 Å². The second-order valence-corrected chi connectivity index (χ2v) is 12.9. The van der Waals surface area contributed by atoms with E-state index in [0.29, 0.717) is 6.42 Å². The van der Waals surface area contributed by atoms with Gasteiger partial charge in [0.2, 0.25) is 0 Å². The molecule has 0 saturated heterocycles. The minimum absolute atomic E-state index is 0.00883. The highest BCUT2D eigenvalue weighted by Gasteiger charge is 2.25. The molecule has 2 unspecified atom stereocenters. The van der Waals surface area contributed by atoms with E-state index in [1.54, 1.807) is 0 Å². The average molecular weight is 581 g/mol. The van der Waals surface area contributed by atoms with Crippen LogP contribution in [0.15, 0.2) is 0 Å². The Morgan fingerprint density at radius 3 is 1.20 bits per heavy atom. The highest BCUT2D eigenvalue weighted by molar-refractivity contribution is 5.69. The number of carbonyl (C=O) groups is 1. The van der Waals surface area contributed by atoms with Crippen LogP contribution >= 0.6 is 0 Å². The first-order valence-corrected chi connectivity index (χ1v) is 19.0. The molecule has 0 spiro atoms. The average Bonchev–Trinajstić information content (AvgIpc) is 2.97. The van der Waals surface area contributed by atoms with Crippen molar-refractivity contribution in [1.29, 1.82) is 0 Å². The van der Waals surface area contributed by atoms with Crippen molar-refractivity contribution in [3.8, 4) is 0 Å². The van der Waals surface area contributed by atoms with E-state index in [0.717, 1.165) is 45.1 Å². The molecule has 2 atom stereocenters. The van der Waals surface area contributed by atoms with Crippen LogP contribution < -0.4 is 0 Å². The molecule has 0 aromatic carbocycles. The normalized spacial score (nSPS) is 13.0. The largest absolute Gasteiger partial charge is 0.460 e. The molecule has 0 fully saturated rings. The summed E-state index contributed by atoms with van der Waals surface area (Å²) in [4.78, 5) is 12.9. The van der Waals surface area contributed by atoms with E-state index in [9.17, 15) is 4.79 Å². The fraction of sp³-hybridized carbons (Fsp3) is 0.974. The van der Waals surface area contributed by atoms with Crippen molar-refractivity contribution < 1.29 is 14.3 Å². The lowest BCUT2D eigenvalue weighted by atomic mass is 9.99. The summed E-state index contributed by atoms with van der Waals surface area (Å²) in [5.41, 5.74) is 0. The molecule has 41 heavy (non-hydrogen) atoms. The summed E-state index contributed by atoms with van der Waals surface area (Å²) >= 11 is 0. The third kappa shape index (κ3) is 29.3. The van der Waals surface area contributed by atoms with Gasteiger partial charge < -0.3 is 9.47 Å². The van der Waals surface area contributed by atoms with E-state index in [1.165, 1.54) is 148 Å². The Balaban J connectivity index is 4.58. The van der Waals surface area contributed by atoms with Gasteiger partial charge in [0.15, 0.2) is 0 Å². The Kier molecular flexibility index (Phi) is 33.5. The SMILES string of the molecule is CCCCCCCCCCCCOC(CCCCCC)C(CCCCCC)OC(=O)CCCCCCCCCCC. The van der Waals surface area contributed by atoms with Crippen LogP contribution in [0, 0.1) is 0 Å². The van der Waals surface area contributed by atoms with E-state index < -0.39 is 0 Å². The Morgan fingerprint density at radius 2 is 0.756 bits per heavy atom. The lowest BCUT2D eigenvalue weighted by Gasteiger charge is -2.28. The number of ether oxygens (including phenoxy) is 2. The van der Waals surface area contributed by atoms with Crippen molar-refractivity contribution in [3.63, 3.8) is 0 Å². The number of hydrogen-bond acceptors (Lipinski definition) is 3. The van der Waals surface area contributed by atoms with E-state index in [1.807, 2.05) is 0 Å². The number of unbranched alkanes of at least 4 members (excludes halogenated alkanes) is 23. The first-order chi connectivity index (χ1) is 20.2. The maximum absolute atomic E-state index is 12.9. The molecule has 0 aliphatic carbocycles. The zero-order valence-corrected chi connectivity index (χ0v) is 28.8. The molecule has 3 nitrogen and oxygen atoms in total. The van der Waals surface area contributed by atoms with Crippen molar-refractivity contribution in [1.82, 2.24) is 0 Å². The summed E-state index contributed by atoms with van der Waals surface area (Å²) in [6.07, 6.45) is 37.3. The number of hydrogen-bond donors (Lipinski definition) is 0. The quantitative estimate of drug-likeness (QED) is 0.0561. The number of carbonyl (C=O) groups excluding carboxylic acids is 1. The topological polar surface area (TPSA) is 35.5 Å². The minimum Gasteiger partial charge on any atom is -0.460 e. The van der Waals surface area contributed by atoms with Gasteiger partial charge in [-0.05, 0) is 32.1 Å². The Morgan fingerprint density at radius 1 is 0.415 bits per heavy atom. The summed E-state index contributed by atoms with van der Waals surface area (Å²) in [7, 11) is 0. The summed E-state index contributed by atoms with van der Waals surface area (Å²) < 4.78 is 12.7. The van der Waals surface area contributed by atoms with E-state index in [4.69, 9.17) is 9.47 Å². The highest BCUT2D eigenvalue weighted by Crippen LogP contribution is 2.22. The van der Waals surface area contributed by atoms with Crippen molar-refractivity contribution in [2.45, 2.75) is 233 Å². The number of rotatable bonds is 34. The minimum atomic E-state index is -0.0670. The van der Waals surface area contributed by atoms with Crippen LogP contribution in [0.1, 0.15) is 220 Å². The molecular formula is C38H76O3. The number of esters is 1. The lowest BCUT2D eigenvalue weighted by Crippen LogP contribution is -2.34. The third-order valence-electron chi connectivity index (χ3n) is 8.70. The van der Waals surface area contributed by atoms with Crippen LogP contribution in [0.2, 0.25) is 0 Å². The Labute approximate surface area is 259 Å². The summed E-state index contributed by atoms with van der Waals surface area (Å²) in [5.74, 6) is 0.00883. The zero-order valence-electron chi connectivity index (χ0n) is 28.8. The van der Waals surface area contributed by atoms with E-state index in [-0.39, 0.29) is 18.2 Å². The third-order valence-corrected chi connectivity index (χ3v) is 8.70. The molecule has 0 rings (SSSR count). The first-order valence-electron chi connectivity index (χ1n) is 19.0.